The van der Waals surface area contributed by atoms with E-state index in [2.05, 4.69) is 16.6 Å². The molecule has 6 heteroatoms. The lowest BCUT2D eigenvalue weighted by atomic mass is 10.2. The molecule has 0 heterocycles. The van der Waals surface area contributed by atoms with Gasteiger partial charge in [0.15, 0.2) is 0 Å². The third-order valence-electron chi connectivity index (χ3n) is 2.51. The summed E-state index contributed by atoms with van der Waals surface area (Å²) >= 11 is 11.6. The Hall–Kier alpha value is -1.51. The summed E-state index contributed by atoms with van der Waals surface area (Å²) in [6.45, 7) is 0.00135. The second-order valence-electron chi connectivity index (χ2n) is 4.09. The van der Waals surface area contributed by atoms with Gasteiger partial charge in [-0.2, -0.15) is 4.72 Å². The topological polar surface area (TPSA) is 46.2 Å². The average Bonchev–Trinajstić information content (AvgIpc) is 2.44. The number of rotatable bonds is 3. The molecule has 0 spiro atoms. The fourth-order valence-electron chi connectivity index (χ4n) is 1.56. The molecule has 0 aliphatic heterocycles. The maximum absolute atomic E-state index is 12.0. The van der Waals surface area contributed by atoms with Gasteiger partial charge in [-0.1, -0.05) is 47.2 Å². The molecule has 0 unspecified atom stereocenters. The van der Waals surface area contributed by atoms with E-state index < -0.39 is 10.0 Å². The van der Waals surface area contributed by atoms with Crippen molar-refractivity contribution in [3.8, 4) is 11.8 Å². The lowest BCUT2D eigenvalue weighted by Gasteiger charge is -2.03. The first-order chi connectivity index (χ1) is 9.97. The number of hydrogen-bond acceptors (Lipinski definition) is 2. The molecule has 2 aromatic rings. The van der Waals surface area contributed by atoms with Crippen LogP contribution >= 0.6 is 23.2 Å². The zero-order chi connectivity index (χ0) is 15.3. The van der Waals surface area contributed by atoms with Crippen LogP contribution in [0.3, 0.4) is 0 Å². The molecule has 2 rings (SSSR count). The molecule has 0 aliphatic rings. The summed E-state index contributed by atoms with van der Waals surface area (Å²) in [5.74, 6) is 5.57. The van der Waals surface area contributed by atoms with Crippen LogP contribution in [-0.4, -0.2) is 15.0 Å². The number of benzene rings is 2. The molecule has 0 saturated heterocycles. The van der Waals surface area contributed by atoms with Crippen molar-refractivity contribution in [3.05, 3.63) is 64.1 Å². The number of hydrogen-bond donors (Lipinski definition) is 1. The quantitative estimate of drug-likeness (QED) is 0.872. The van der Waals surface area contributed by atoms with Crippen molar-refractivity contribution in [3.63, 3.8) is 0 Å². The molecule has 0 saturated carbocycles. The van der Waals surface area contributed by atoms with Gasteiger partial charge < -0.3 is 0 Å². The van der Waals surface area contributed by atoms with Crippen molar-refractivity contribution in [2.24, 2.45) is 0 Å². The van der Waals surface area contributed by atoms with Crippen LogP contribution in [0.15, 0.2) is 53.4 Å². The van der Waals surface area contributed by atoms with Crippen LogP contribution in [0.25, 0.3) is 0 Å². The fraction of sp³-hybridized carbons (Fsp3) is 0.0667. The normalized spacial score (nSPS) is 10.8. The van der Waals surface area contributed by atoms with Crippen LogP contribution in [0.4, 0.5) is 0 Å². The molecule has 0 atom stereocenters. The summed E-state index contributed by atoms with van der Waals surface area (Å²) < 4.78 is 26.4. The van der Waals surface area contributed by atoms with Crippen molar-refractivity contribution < 1.29 is 8.42 Å². The van der Waals surface area contributed by atoms with Gasteiger partial charge in [-0.3, -0.25) is 0 Å². The highest BCUT2D eigenvalue weighted by molar-refractivity contribution is 7.89. The second kappa shape index (κ2) is 6.97. The third kappa shape index (κ3) is 4.76. The molecule has 0 radical (unpaired) electrons. The molecule has 2 aromatic carbocycles. The monoisotopic (exact) mass is 339 g/mol. The molecule has 1 N–H and O–H groups in total. The Balaban J connectivity index is 2.03. The zero-order valence-electron chi connectivity index (χ0n) is 10.8. The first-order valence-corrected chi connectivity index (χ1v) is 8.21. The standard InChI is InChI=1S/C15H11Cl2NO2S/c16-13-6-1-4-12(10-13)5-3-9-18-21(19,20)15-8-2-7-14(17)11-15/h1-2,4,6-8,10-11,18H,9H2. The summed E-state index contributed by atoms with van der Waals surface area (Å²) in [7, 11) is -3.61. The molecule has 0 bridgehead atoms. The zero-order valence-corrected chi connectivity index (χ0v) is 13.1. The first kappa shape index (κ1) is 15.9. The second-order valence-corrected chi connectivity index (χ2v) is 6.73. The van der Waals surface area contributed by atoms with E-state index in [9.17, 15) is 8.42 Å². The van der Waals surface area contributed by atoms with Gasteiger partial charge in [-0.25, -0.2) is 8.42 Å². The maximum atomic E-state index is 12.0. The summed E-state index contributed by atoms with van der Waals surface area (Å²) in [5.41, 5.74) is 0.726. The van der Waals surface area contributed by atoms with Gasteiger partial charge >= 0.3 is 0 Å². The minimum atomic E-state index is -3.61. The molecule has 3 nitrogen and oxygen atoms in total. The molecule has 0 amide bonds. The van der Waals surface area contributed by atoms with E-state index in [1.54, 1.807) is 36.4 Å². The van der Waals surface area contributed by atoms with E-state index in [4.69, 9.17) is 23.2 Å². The molecule has 21 heavy (non-hydrogen) atoms. The van der Waals surface area contributed by atoms with Crippen LogP contribution in [0.5, 0.6) is 0 Å². The average molecular weight is 340 g/mol. The molecule has 108 valence electrons. The van der Waals surface area contributed by atoms with Crippen LogP contribution in [0, 0.1) is 11.8 Å². The third-order valence-corrected chi connectivity index (χ3v) is 4.38. The van der Waals surface area contributed by atoms with E-state index in [1.165, 1.54) is 12.1 Å². The molecule has 0 aromatic heterocycles. The Labute approximate surface area is 133 Å². The van der Waals surface area contributed by atoms with Gasteiger partial charge in [-0.15, -0.1) is 0 Å². The van der Waals surface area contributed by atoms with Crippen molar-refractivity contribution in [2.45, 2.75) is 4.90 Å². The highest BCUT2D eigenvalue weighted by Crippen LogP contribution is 2.14. The fourth-order valence-corrected chi connectivity index (χ4v) is 2.98. The minimum Gasteiger partial charge on any atom is -0.207 e. The number of sulfonamides is 1. The van der Waals surface area contributed by atoms with Crippen LogP contribution in [0.2, 0.25) is 10.0 Å². The maximum Gasteiger partial charge on any atom is 0.241 e. The Kier molecular flexibility index (Phi) is 5.27. The van der Waals surface area contributed by atoms with Gasteiger partial charge in [-0.05, 0) is 36.4 Å². The molecule has 0 fully saturated rings. The highest BCUT2D eigenvalue weighted by Gasteiger charge is 2.12. The van der Waals surface area contributed by atoms with E-state index in [0.717, 1.165) is 5.56 Å². The van der Waals surface area contributed by atoms with E-state index in [0.29, 0.717) is 10.0 Å². The van der Waals surface area contributed by atoms with Crippen LogP contribution in [0.1, 0.15) is 5.56 Å². The SMILES string of the molecule is O=S(=O)(NCC#Cc1cccc(Cl)c1)c1cccc(Cl)c1. The van der Waals surface area contributed by atoms with Crippen LogP contribution < -0.4 is 4.72 Å². The minimum absolute atomic E-state index is 0.00135. The first-order valence-electron chi connectivity index (χ1n) is 5.97. The van der Waals surface area contributed by atoms with E-state index >= 15 is 0 Å². The predicted molar refractivity (Wildman–Crippen MR) is 85.0 cm³/mol. The lowest BCUT2D eigenvalue weighted by Crippen LogP contribution is -2.23. The Morgan fingerprint density at radius 3 is 2.33 bits per heavy atom. The van der Waals surface area contributed by atoms with Crippen molar-refractivity contribution in [2.75, 3.05) is 6.54 Å². The van der Waals surface area contributed by atoms with Gasteiger partial charge in [0.25, 0.3) is 0 Å². The van der Waals surface area contributed by atoms with Crippen molar-refractivity contribution >= 4 is 33.2 Å². The molecular formula is C15H11Cl2NO2S. The Morgan fingerprint density at radius 2 is 1.67 bits per heavy atom. The smallest absolute Gasteiger partial charge is 0.207 e. The molecular weight excluding hydrogens is 329 g/mol. The van der Waals surface area contributed by atoms with Crippen LogP contribution in [-0.2, 0) is 10.0 Å². The Bertz CT molecular complexity index is 808. The Morgan fingerprint density at radius 1 is 1.00 bits per heavy atom. The molecule has 0 aliphatic carbocycles. The van der Waals surface area contributed by atoms with Crippen molar-refractivity contribution in [1.82, 2.24) is 4.72 Å². The number of nitrogens with one attached hydrogen (secondary N) is 1. The lowest BCUT2D eigenvalue weighted by molar-refractivity contribution is 0.586. The van der Waals surface area contributed by atoms with Gasteiger partial charge in [0, 0.05) is 15.6 Å². The summed E-state index contributed by atoms with van der Waals surface area (Å²) in [5, 5.41) is 0.948. The van der Waals surface area contributed by atoms with Gasteiger partial charge in [0.05, 0.1) is 11.4 Å². The largest absolute Gasteiger partial charge is 0.241 e. The van der Waals surface area contributed by atoms with E-state index in [1.807, 2.05) is 0 Å². The number of halogens is 2. The summed E-state index contributed by atoms with van der Waals surface area (Å²) in [6.07, 6.45) is 0. The summed E-state index contributed by atoms with van der Waals surface area (Å²) in [6, 6.07) is 13.1. The van der Waals surface area contributed by atoms with Gasteiger partial charge in [0.1, 0.15) is 0 Å². The van der Waals surface area contributed by atoms with Crippen molar-refractivity contribution in [1.29, 1.82) is 0 Å². The predicted octanol–water partition coefficient (Wildman–Crippen LogP) is 3.32. The summed E-state index contributed by atoms with van der Waals surface area (Å²) in [4.78, 5) is 0.111. The van der Waals surface area contributed by atoms with Gasteiger partial charge in [0.2, 0.25) is 10.0 Å². The van der Waals surface area contributed by atoms with E-state index in [-0.39, 0.29) is 11.4 Å². The highest BCUT2D eigenvalue weighted by atomic mass is 35.5.